The van der Waals surface area contributed by atoms with Crippen molar-refractivity contribution in [3.05, 3.63) is 17.0 Å². The largest absolute Gasteiger partial charge is 0.364 e. The minimum atomic E-state index is 1.12. The van der Waals surface area contributed by atoms with Gasteiger partial charge < -0.3 is 4.90 Å². The molecule has 1 aromatic heterocycles. The summed E-state index contributed by atoms with van der Waals surface area (Å²) in [5.41, 5.74) is 1.49. The maximum atomic E-state index is 2.42. The molecule has 0 aliphatic heterocycles. The van der Waals surface area contributed by atoms with E-state index in [0.717, 1.165) is 19.5 Å². The Balaban J connectivity index is 2.83. The highest BCUT2D eigenvalue weighted by molar-refractivity contribution is 7.14. The Bertz CT molecular complexity index is 225. The van der Waals surface area contributed by atoms with Gasteiger partial charge in [0.2, 0.25) is 0 Å². The van der Waals surface area contributed by atoms with Crippen molar-refractivity contribution in [2.45, 2.75) is 27.2 Å². The highest BCUT2D eigenvalue weighted by atomic mass is 32.1. The monoisotopic (exact) mass is 183 g/mol. The van der Waals surface area contributed by atoms with Crippen LogP contribution in [0.4, 0.5) is 5.00 Å². The normalized spacial score (nSPS) is 10.2. The Kier molecular flexibility index (Phi) is 3.60. The van der Waals surface area contributed by atoms with Gasteiger partial charge in [-0.05, 0) is 37.3 Å². The summed E-state index contributed by atoms with van der Waals surface area (Å²) in [6.07, 6.45) is 1.15. The van der Waals surface area contributed by atoms with Gasteiger partial charge in [-0.3, -0.25) is 0 Å². The smallest absolute Gasteiger partial charge is 0.0940 e. The minimum absolute atomic E-state index is 1.12. The molecule has 0 bridgehead atoms. The Labute approximate surface area is 79.0 Å². The lowest BCUT2D eigenvalue weighted by Crippen LogP contribution is -2.21. The van der Waals surface area contributed by atoms with Crippen molar-refractivity contribution >= 4 is 16.3 Å². The van der Waals surface area contributed by atoms with Gasteiger partial charge in [0, 0.05) is 13.1 Å². The number of hydrogen-bond donors (Lipinski definition) is 0. The Morgan fingerprint density at radius 3 is 2.42 bits per heavy atom. The summed E-state index contributed by atoms with van der Waals surface area (Å²) in [5.74, 6) is 0. The van der Waals surface area contributed by atoms with E-state index in [1.165, 1.54) is 10.6 Å². The van der Waals surface area contributed by atoms with Crippen molar-refractivity contribution in [3.8, 4) is 0 Å². The molecule has 0 aliphatic carbocycles. The maximum absolute atomic E-state index is 2.42. The van der Waals surface area contributed by atoms with Crippen LogP contribution < -0.4 is 4.90 Å². The van der Waals surface area contributed by atoms with E-state index in [4.69, 9.17) is 0 Å². The number of aryl methyl sites for hydroxylation is 1. The van der Waals surface area contributed by atoms with Crippen LogP contribution in [0, 0.1) is 0 Å². The fraction of sp³-hybridized carbons (Fsp3) is 0.600. The van der Waals surface area contributed by atoms with Gasteiger partial charge in [0.25, 0.3) is 0 Å². The van der Waals surface area contributed by atoms with Gasteiger partial charge in [-0.2, -0.15) is 0 Å². The van der Waals surface area contributed by atoms with E-state index in [2.05, 4.69) is 37.1 Å². The fourth-order valence-electron chi connectivity index (χ4n) is 1.39. The summed E-state index contributed by atoms with van der Waals surface area (Å²) in [6.45, 7) is 8.87. The lowest BCUT2D eigenvalue weighted by atomic mass is 10.2. The van der Waals surface area contributed by atoms with Gasteiger partial charge in [-0.15, -0.1) is 11.3 Å². The molecule has 0 radical (unpaired) electrons. The standard InChI is InChI=1S/C10H17NS/c1-4-9-7-8-12-10(9)11(5-2)6-3/h7-8H,4-6H2,1-3H3. The van der Waals surface area contributed by atoms with Crippen LogP contribution in [0.2, 0.25) is 0 Å². The Morgan fingerprint density at radius 2 is 1.92 bits per heavy atom. The summed E-state index contributed by atoms with van der Waals surface area (Å²) in [4.78, 5) is 2.42. The van der Waals surface area contributed by atoms with Crippen molar-refractivity contribution < 1.29 is 0 Å². The van der Waals surface area contributed by atoms with Crippen LogP contribution in [0.1, 0.15) is 26.3 Å². The topological polar surface area (TPSA) is 3.24 Å². The molecule has 68 valence electrons. The average Bonchev–Trinajstić information content (AvgIpc) is 2.55. The first-order valence-electron chi connectivity index (χ1n) is 4.64. The van der Waals surface area contributed by atoms with Gasteiger partial charge in [-0.1, -0.05) is 6.92 Å². The zero-order valence-electron chi connectivity index (χ0n) is 8.13. The number of rotatable bonds is 4. The lowest BCUT2D eigenvalue weighted by Gasteiger charge is -2.20. The second kappa shape index (κ2) is 4.51. The second-order valence-electron chi connectivity index (χ2n) is 2.78. The maximum Gasteiger partial charge on any atom is 0.0940 e. The molecule has 0 spiro atoms. The molecule has 0 amide bonds. The number of nitrogens with zero attached hydrogens (tertiary/aromatic N) is 1. The van der Waals surface area contributed by atoms with E-state index in [1.807, 2.05) is 11.3 Å². The van der Waals surface area contributed by atoms with Gasteiger partial charge in [0.05, 0.1) is 5.00 Å². The molecule has 1 heterocycles. The van der Waals surface area contributed by atoms with Crippen LogP contribution in [-0.2, 0) is 6.42 Å². The van der Waals surface area contributed by atoms with Crippen LogP contribution >= 0.6 is 11.3 Å². The lowest BCUT2D eigenvalue weighted by molar-refractivity contribution is 0.868. The van der Waals surface area contributed by atoms with Crippen molar-refractivity contribution in [2.24, 2.45) is 0 Å². The number of anilines is 1. The third-order valence-electron chi connectivity index (χ3n) is 2.16. The van der Waals surface area contributed by atoms with Crippen LogP contribution in [0.15, 0.2) is 11.4 Å². The second-order valence-corrected chi connectivity index (χ2v) is 3.67. The predicted molar refractivity (Wildman–Crippen MR) is 57.3 cm³/mol. The molecule has 0 unspecified atom stereocenters. The highest BCUT2D eigenvalue weighted by Gasteiger charge is 2.07. The first-order valence-corrected chi connectivity index (χ1v) is 5.52. The summed E-state index contributed by atoms with van der Waals surface area (Å²) < 4.78 is 0. The molecule has 0 saturated heterocycles. The third kappa shape index (κ3) is 1.81. The molecule has 0 fully saturated rings. The average molecular weight is 183 g/mol. The molecular weight excluding hydrogens is 166 g/mol. The molecule has 1 rings (SSSR count). The van der Waals surface area contributed by atoms with E-state index >= 15 is 0 Å². The fourth-order valence-corrected chi connectivity index (χ4v) is 2.52. The van der Waals surface area contributed by atoms with Crippen molar-refractivity contribution in [2.75, 3.05) is 18.0 Å². The van der Waals surface area contributed by atoms with Gasteiger partial charge in [0.1, 0.15) is 0 Å². The third-order valence-corrected chi connectivity index (χ3v) is 3.17. The molecule has 1 nitrogen and oxygen atoms in total. The van der Waals surface area contributed by atoms with Crippen molar-refractivity contribution in [3.63, 3.8) is 0 Å². The predicted octanol–water partition coefficient (Wildman–Crippen LogP) is 3.16. The molecule has 12 heavy (non-hydrogen) atoms. The zero-order valence-corrected chi connectivity index (χ0v) is 8.95. The molecule has 0 aromatic carbocycles. The van der Waals surface area contributed by atoms with Crippen LogP contribution in [0.3, 0.4) is 0 Å². The summed E-state index contributed by atoms with van der Waals surface area (Å²) >= 11 is 1.86. The van der Waals surface area contributed by atoms with Crippen LogP contribution in [0.5, 0.6) is 0 Å². The first-order chi connectivity index (χ1) is 5.83. The highest BCUT2D eigenvalue weighted by Crippen LogP contribution is 2.27. The van der Waals surface area contributed by atoms with E-state index in [1.54, 1.807) is 0 Å². The Morgan fingerprint density at radius 1 is 1.25 bits per heavy atom. The van der Waals surface area contributed by atoms with Crippen LogP contribution in [0.25, 0.3) is 0 Å². The van der Waals surface area contributed by atoms with E-state index in [-0.39, 0.29) is 0 Å². The first kappa shape index (κ1) is 9.59. The minimum Gasteiger partial charge on any atom is -0.364 e. The summed E-state index contributed by atoms with van der Waals surface area (Å²) in [5, 5.41) is 3.65. The Hall–Kier alpha value is -0.500. The quantitative estimate of drug-likeness (QED) is 0.693. The molecule has 0 atom stereocenters. The van der Waals surface area contributed by atoms with Gasteiger partial charge in [0.15, 0.2) is 0 Å². The molecule has 0 N–H and O–H groups in total. The molecule has 1 aromatic rings. The van der Waals surface area contributed by atoms with E-state index in [0.29, 0.717) is 0 Å². The molecule has 0 saturated carbocycles. The van der Waals surface area contributed by atoms with Gasteiger partial charge in [-0.25, -0.2) is 0 Å². The number of hydrogen-bond acceptors (Lipinski definition) is 2. The summed E-state index contributed by atoms with van der Waals surface area (Å²) in [6, 6.07) is 2.23. The van der Waals surface area contributed by atoms with E-state index < -0.39 is 0 Å². The molecule has 2 heteroatoms. The van der Waals surface area contributed by atoms with Crippen molar-refractivity contribution in [1.29, 1.82) is 0 Å². The summed E-state index contributed by atoms with van der Waals surface area (Å²) in [7, 11) is 0. The van der Waals surface area contributed by atoms with Crippen LogP contribution in [-0.4, -0.2) is 13.1 Å². The number of thiophene rings is 1. The zero-order chi connectivity index (χ0) is 8.97. The van der Waals surface area contributed by atoms with Gasteiger partial charge >= 0.3 is 0 Å². The van der Waals surface area contributed by atoms with E-state index in [9.17, 15) is 0 Å². The SMILES string of the molecule is CCc1ccsc1N(CC)CC. The molecule has 0 aliphatic rings. The van der Waals surface area contributed by atoms with Crippen molar-refractivity contribution in [1.82, 2.24) is 0 Å². The molecular formula is C10H17NS.